The Labute approximate surface area is 151 Å². The summed E-state index contributed by atoms with van der Waals surface area (Å²) in [4.78, 5) is 0. The molecule has 0 unspecified atom stereocenters. The van der Waals surface area contributed by atoms with E-state index in [9.17, 15) is 0 Å². The first-order valence-electron chi connectivity index (χ1n) is 8.71. The van der Waals surface area contributed by atoms with Gasteiger partial charge in [0.05, 0.1) is 20.3 Å². The molecule has 0 aliphatic heterocycles. The molecule has 0 fully saturated rings. The average Bonchev–Trinajstić information content (AvgIpc) is 2.54. The maximum Gasteiger partial charge on any atom is 0.130 e. The fraction of sp³-hybridized carbons (Fsp3) is 0.455. The van der Waals surface area contributed by atoms with Gasteiger partial charge in [-0.15, -0.1) is 0 Å². The molecule has 3 nitrogen and oxygen atoms in total. The van der Waals surface area contributed by atoms with E-state index in [1.807, 2.05) is 32.0 Å². The Kier molecular flexibility index (Phi) is 5.66. The highest BCUT2D eigenvalue weighted by atomic mass is 16.5. The minimum atomic E-state index is 0.0436. The molecule has 3 heteroatoms. The molecule has 0 saturated heterocycles. The highest BCUT2D eigenvalue weighted by Gasteiger charge is 2.21. The van der Waals surface area contributed by atoms with E-state index >= 15 is 0 Å². The number of benzene rings is 2. The van der Waals surface area contributed by atoms with Crippen LogP contribution in [0.25, 0.3) is 11.1 Å². The third-order valence-corrected chi connectivity index (χ3v) is 4.19. The monoisotopic (exact) mass is 342 g/mol. The number of ether oxygens (including phenoxy) is 3. The van der Waals surface area contributed by atoms with Crippen molar-refractivity contribution in [3.05, 3.63) is 41.5 Å². The molecule has 0 spiro atoms. The van der Waals surface area contributed by atoms with E-state index in [0.717, 1.165) is 33.9 Å². The first-order chi connectivity index (χ1) is 11.7. The predicted molar refractivity (Wildman–Crippen MR) is 104 cm³/mol. The van der Waals surface area contributed by atoms with Gasteiger partial charge >= 0.3 is 0 Å². The Morgan fingerprint density at radius 2 is 1.56 bits per heavy atom. The fourth-order valence-corrected chi connectivity index (χ4v) is 2.82. The Morgan fingerprint density at radius 1 is 0.880 bits per heavy atom. The van der Waals surface area contributed by atoms with Crippen LogP contribution in [0, 0.1) is 6.92 Å². The van der Waals surface area contributed by atoms with Crippen LogP contribution in [0.15, 0.2) is 30.3 Å². The number of rotatable bonds is 5. The minimum Gasteiger partial charge on any atom is -0.497 e. The highest BCUT2D eigenvalue weighted by molar-refractivity contribution is 5.79. The maximum atomic E-state index is 6.17. The van der Waals surface area contributed by atoms with Gasteiger partial charge in [0.1, 0.15) is 17.2 Å². The Hall–Kier alpha value is -2.16. The van der Waals surface area contributed by atoms with Crippen LogP contribution in [-0.2, 0) is 5.41 Å². The molecule has 0 saturated carbocycles. The Morgan fingerprint density at radius 3 is 2.08 bits per heavy atom. The molecule has 0 aliphatic rings. The lowest BCUT2D eigenvalue weighted by Crippen LogP contribution is -2.14. The van der Waals surface area contributed by atoms with Crippen LogP contribution in [0.1, 0.15) is 45.7 Å². The molecule has 0 aromatic heterocycles. The summed E-state index contributed by atoms with van der Waals surface area (Å²) in [5.41, 5.74) is 4.45. The van der Waals surface area contributed by atoms with Gasteiger partial charge in [0.2, 0.25) is 0 Å². The fourth-order valence-electron chi connectivity index (χ4n) is 2.82. The van der Waals surface area contributed by atoms with Crippen LogP contribution < -0.4 is 14.2 Å². The van der Waals surface area contributed by atoms with Crippen LogP contribution in [0.4, 0.5) is 0 Å². The highest BCUT2D eigenvalue weighted by Crippen LogP contribution is 2.43. The average molecular weight is 342 g/mol. The van der Waals surface area contributed by atoms with E-state index < -0.39 is 0 Å². The predicted octanol–water partition coefficient (Wildman–Crippen LogP) is 5.76. The smallest absolute Gasteiger partial charge is 0.130 e. The lowest BCUT2D eigenvalue weighted by molar-refractivity contribution is 0.241. The van der Waals surface area contributed by atoms with Crippen LogP contribution in [0.3, 0.4) is 0 Å². The quantitative estimate of drug-likeness (QED) is 0.691. The summed E-state index contributed by atoms with van der Waals surface area (Å²) in [5.74, 6) is 2.50. The van der Waals surface area contributed by atoms with Gasteiger partial charge in [0.15, 0.2) is 0 Å². The molecule has 0 bridgehead atoms. The molecule has 2 aromatic rings. The van der Waals surface area contributed by atoms with Crippen molar-refractivity contribution in [3.8, 4) is 28.4 Å². The first kappa shape index (κ1) is 19.2. The molecule has 0 heterocycles. The Balaban J connectivity index is 2.79. The summed E-state index contributed by atoms with van der Waals surface area (Å²) in [6.07, 6.45) is 0.0922. The molecule has 2 aromatic carbocycles. The zero-order chi connectivity index (χ0) is 18.8. The van der Waals surface area contributed by atoms with Crippen molar-refractivity contribution in [3.63, 3.8) is 0 Å². The molecule has 0 atom stereocenters. The zero-order valence-corrected chi connectivity index (χ0v) is 16.7. The second kappa shape index (κ2) is 7.38. The molecule has 2 rings (SSSR count). The van der Waals surface area contributed by atoms with Crippen molar-refractivity contribution in [2.75, 3.05) is 14.2 Å². The van der Waals surface area contributed by atoms with Crippen LogP contribution >= 0.6 is 0 Å². The van der Waals surface area contributed by atoms with Crippen molar-refractivity contribution in [2.24, 2.45) is 0 Å². The van der Waals surface area contributed by atoms with Crippen molar-refractivity contribution in [2.45, 2.75) is 53.1 Å². The summed E-state index contributed by atoms with van der Waals surface area (Å²) in [7, 11) is 3.36. The first-order valence-corrected chi connectivity index (χ1v) is 8.71. The maximum absolute atomic E-state index is 6.17. The van der Waals surface area contributed by atoms with Crippen molar-refractivity contribution < 1.29 is 14.2 Å². The van der Waals surface area contributed by atoms with Crippen molar-refractivity contribution in [1.82, 2.24) is 0 Å². The van der Waals surface area contributed by atoms with E-state index in [0.29, 0.717) is 0 Å². The van der Waals surface area contributed by atoms with Gasteiger partial charge in [-0.25, -0.2) is 0 Å². The standard InChI is InChI=1S/C22H30O3/c1-14(2)25-21-15(3)11-16(22(4,5)6)12-19(21)18-13-17(23-7)9-10-20(18)24-8/h9-14H,1-8H3. The van der Waals surface area contributed by atoms with Crippen LogP contribution in [0.2, 0.25) is 0 Å². The Bertz CT molecular complexity index is 740. The van der Waals surface area contributed by atoms with Crippen molar-refractivity contribution in [1.29, 1.82) is 0 Å². The lowest BCUT2D eigenvalue weighted by atomic mass is 9.83. The van der Waals surface area contributed by atoms with E-state index in [1.165, 1.54) is 5.56 Å². The molecule has 0 N–H and O–H groups in total. The summed E-state index contributed by atoms with van der Waals surface area (Å²) < 4.78 is 17.2. The molecular weight excluding hydrogens is 312 g/mol. The number of aryl methyl sites for hydroxylation is 1. The molecule has 0 amide bonds. The van der Waals surface area contributed by atoms with Gasteiger partial charge in [-0.3, -0.25) is 0 Å². The van der Waals surface area contributed by atoms with E-state index in [1.54, 1.807) is 14.2 Å². The number of methoxy groups -OCH3 is 2. The van der Waals surface area contributed by atoms with Gasteiger partial charge in [0, 0.05) is 11.1 Å². The van der Waals surface area contributed by atoms with E-state index in [2.05, 4.69) is 39.8 Å². The second-order valence-corrected chi connectivity index (χ2v) is 7.65. The van der Waals surface area contributed by atoms with Gasteiger partial charge < -0.3 is 14.2 Å². The molecule has 0 radical (unpaired) electrons. The topological polar surface area (TPSA) is 27.7 Å². The third kappa shape index (κ3) is 4.28. The largest absolute Gasteiger partial charge is 0.497 e. The molecule has 0 aliphatic carbocycles. The summed E-state index contributed by atoms with van der Waals surface area (Å²) in [5, 5.41) is 0. The second-order valence-electron chi connectivity index (χ2n) is 7.65. The summed E-state index contributed by atoms with van der Waals surface area (Å²) in [6, 6.07) is 10.3. The van der Waals surface area contributed by atoms with Gasteiger partial charge in [0.25, 0.3) is 0 Å². The van der Waals surface area contributed by atoms with Gasteiger partial charge in [-0.1, -0.05) is 26.8 Å². The third-order valence-electron chi connectivity index (χ3n) is 4.19. The summed E-state index contributed by atoms with van der Waals surface area (Å²) in [6.45, 7) is 12.8. The van der Waals surface area contributed by atoms with Crippen molar-refractivity contribution >= 4 is 0 Å². The molecule has 136 valence electrons. The van der Waals surface area contributed by atoms with Crippen LogP contribution in [-0.4, -0.2) is 20.3 Å². The van der Waals surface area contributed by atoms with Gasteiger partial charge in [-0.2, -0.15) is 0 Å². The molecule has 25 heavy (non-hydrogen) atoms. The van der Waals surface area contributed by atoms with E-state index in [-0.39, 0.29) is 11.5 Å². The number of hydrogen-bond acceptors (Lipinski definition) is 3. The zero-order valence-electron chi connectivity index (χ0n) is 16.7. The van der Waals surface area contributed by atoms with Crippen LogP contribution in [0.5, 0.6) is 17.2 Å². The normalized spacial score (nSPS) is 11.6. The number of hydrogen-bond donors (Lipinski definition) is 0. The minimum absolute atomic E-state index is 0.0436. The van der Waals surface area contributed by atoms with E-state index in [4.69, 9.17) is 14.2 Å². The molecular formula is C22H30O3. The lowest BCUT2D eigenvalue weighted by Gasteiger charge is -2.25. The van der Waals surface area contributed by atoms with Gasteiger partial charge in [-0.05, 0) is 61.6 Å². The SMILES string of the molecule is COc1ccc(OC)c(-c2cc(C(C)(C)C)cc(C)c2OC(C)C)c1. The summed E-state index contributed by atoms with van der Waals surface area (Å²) >= 11 is 0.